The molecule has 1 heterocycles. The van der Waals surface area contributed by atoms with Crippen LogP contribution in [-0.4, -0.2) is 63.2 Å². The van der Waals surface area contributed by atoms with E-state index in [9.17, 15) is 18.0 Å². The fraction of sp³-hybridized carbons (Fsp3) is 0.355. The predicted octanol–water partition coefficient (Wildman–Crippen LogP) is 3.70. The molecule has 3 aromatic rings. The van der Waals surface area contributed by atoms with Crippen molar-refractivity contribution in [3.05, 3.63) is 89.5 Å². The van der Waals surface area contributed by atoms with Crippen molar-refractivity contribution >= 4 is 27.5 Å². The first-order valence-corrected chi connectivity index (χ1v) is 15.4. The summed E-state index contributed by atoms with van der Waals surface area (Å²) in [5.74, 6) is -0.0814. The Morgan fingerprint density at radius 3 is 2.29 bits per heavy atom. The highest BCUT2D eigenvalue weighted by atomic mass is 32.2. The topological polar surface area (TPSA) is 105 Å². The van der Waals surface area contributed by atoms with E-state index >= 15 is 0 Å². The summed E-state index contributed by atoms with van der Waals surface area (Å²) in [6, 6.07) is 21.1. The summed E-state index contributed by atoms with van der Waals surface area (Å²) in [4.78, 5) is 29.1. The van der Waals surface area contributed by atoms with Crippen molar-refractivity contribution in [2.24, 2.45) is 0 Å². The van der Waals surface area contributed by atoms with Crippen LogP contribution in [0.25, 0.3) is 0 Å². The summed E-state index contributed by atoms with van der Waals surface area (Å²) < 4.78 is 39.0. The summed E-state index contributed by atoms with van der Waals surface area (Å²) in [6.07, 6.45) is 0.273. The van der Waals surface area contributed by atoms with Crippen molar-refractivity contribution in [2.45, 2.75) is 39.8 Å². The van der Waals surface area contributed by atoms with Crippen LogP contribution in [0.5, 0.6) is 11.5 Å². The Morgan fingerprint density at radius 2 is 1.61 bits per heavy atom. The van der Waals surface area contributed by atoms with Crippen molar-refractivity contribution in [3.63, 3.8) is 0 Å². The molecule has 0 saturated carbocycles. The second-order valence-electron chi connectivity index (χ2n) is 9.85. The lowest BCUT2D eigenvalue weighted by atomic mass is 10.0. The molecule has 0 bridgehead atoms. The molecule has 0 spiro atoms. The molecule has 1 aliphatic rings. The highest BCUT2D eigenvalue weighted by Crippen LogP contribution is 2.35. The van der Waals surface area contributed by atoms with Crippen molar-refractivity contribution in [2.75, 3.05) is 36.4 Å². The number of sulfonamides is 1. The van der Waals surface area contributed by atoms with Gasteiger partial charge in [0.05, 0.1) is 11.4 Å². The van der Waals surface area contributed by atoms with Crippen molar-refractivity contribution < 1.29 is 27.5 Å². The molecule has 0 aromatic heterocycles. The van der Waals surface area contributed by atoms with Crippen molar-refractivity contribution in [1.29, 1.82) is 0 Å². The summed E-state index contributed by atoms with van der Waals surface area (Å²) in [5.41, 5.74) is 3.03. The largest absolute Gasteiger partial charge is 0.486 e. The van der Waals surface area contributed by atoms with Crippen LogP contribution in [0.1, 0.15) is 30.5 Å². The van der Waals surface area contributed by atoms with Gasteiger partial charge >= 0.3 is 0 Å². The molecule has 1 atom stereocenters. The van der Waals surface area contributed by atoms with Crippen LogP contribution in [0.15, 0.2) is 72.8 Å². The first-order valence-electron chi connectivity index (χ1n) is 13.8. The SMILES string of the molecule is CCNC(=O)[C@@H](Cc1ccccc1)N(Cc1cccc(C)c1)C(=O)CN(c1ccc2c(c1)OCCO2)S(=O)(=O)CC. The summed E-state index contributed by atoms with van der Waals surface area (Å²) >= 11 is 0. The number of benzene rings is 3. The van der Waals surface area contributed by atoms with Gasteiger partial charge in [-0.1, -0.05) is 60.2 Å². The van der Waals surface area contributed by atoms with Gasteiger partial charge < -0.3 is 19.7 Å². The molecule has 1 N–H and O–H groups in total. The van der Waals surface area contributed by atoms with Gasteiger partial charge in [0, 0.05) is 25.6 Å². The number of amides is 2. The van der Waals surface area contributed by atoms with E-state index in [1.54, 1.807) is 18.2 Å². The van der Waals surface area contributed by atoms with E-state index in [1.807, 2.05) is 68.4 Å². The minimum absolute atomic E-state index is 0.135. The van der Waals surface area contributed by atoms with Crippen LogP contribution < -0.4 is 19.1 Å². The van der Waals surface area contributed by atoms with Crippen molar-refractivity contribution in [1.82, 2.24) is 10.2 Å². The number of rotatable bonds is 12. The quantitative estimate of drug-likeness (QED) is 0.351. The molecule has 0 fully saturated rings. The lowest BCUT2D eigenvalue weighted by Crippen LogP contribution is -2.53. The third-order valence-corrected chi connectivity index (χ3v) is 8.59. The third kappa shape index (κ3) is 7.58. The van der Waals surface area contributed by atoms with E-state index in [4.69, 9.17) is 9.47 Å². The molecule has 0 unspecified atom stereocenters. The fourth-order valence-electron chi connectivity index (χ4n) is 4.76. The van der Waals surface area contributed by atoms with E-state index in [2.05, 4.69) is 5.32 Å². The second kappa shape index (κ2) is 13.5. The van der Waals surface area contributed by atoms with Crippen LogP contribution >= 0.6 is 0 Å². The number of carbonyl (C=O) groups excluding carboxylic acids is 2. The molecule has 0 saturated heterocycles. The first-order chi connectivity index (χ1) is 19.7. The van der Waals surface area contributed by atoms with Crippen LogP contribution in [0.4, 0.5) is 5.69 Å². The van der Waals surface area contributed by atoms with E-state index in [0.29, 0.717) is 31.3 Å². The zero-order valence-corrected chi connectivity index (χ0v) is 24.5. The molecule has 0 aliphatic carbocycles. The molecule has 4 rings (SSSR count). The van der Waals surface area contributed by atoms with E-state index in [-0.39, 0.29) is 30.3 Å². The number of hydrogen-bond donors (Lipinski definition) is 1. The number of carbonyl (C=O) groups is 2. The molecule has 3 aromatic carbocycles. The molecule has 218 valence electrons. The van der Waals surface area contributed by atoms with Gasteiger partial charge in [0.1, 0.15) is 25.8 Å². The molecule has 0 radical (unpaired) electrons. The molecule has 1 aliphatic heterocycles. The molecular weight excluding hydrogens is 542 g/mol. The Balaban J connectivity index is 1.74. The van der Waals surface area contributed by atoms with Crippen LogP contribution in [0.2, 0.25) is 0 Å². The second-order valence-corrected chi connectivity index (χ2v) is 12.0. The van der Waals surface area contributed by atoms with E-state index < -0.39 is 28.5 Å². The Labute approximate surface area is 242 Å². The van der Waals surface area contributed by atoms with Gasteiger partial charge in [0.2, 0.25) is 21.8 Å². The van der Waals surface area contributed by atoms with Crippen molar-refractivity contribution in [3.8, 4) is 11.5 Å². The molecule has 10 heteroatoms. The number of aryl methyl sites for hydroxylation is 1. The Bertz CT molecular complexity index is 1460. The summed E-state index contributed by atoms with van der Waals surface area (Å²) in [7, 11) is -3.87. The molecule has 41 heavy (non-hydrogen) atoms. The number of anilines is 1. The zero-order valence-electron chi connectivity index (χ0n) is 23.7. The Hall–Kier alpha value is -4.05. The standard InChI is InChI=1S/C31H37N3O6S/c1-4-32-31(36)27(19-24-11-7-6-8-12-24)33(21-25-13-9-10-23(3)18-25)30(35)22-34(41(37,38)5-2)26-14-15-28-29(20-26)40-17-16-39-28/h6-15,18,20,27H,4-5,16-17,19,21-22H2,1-3H3,(H,32,36)/t27-/m1/s1. The number of ether oxygens (including phenoxy) is 2. The minimum atomic E-state index is -3.87. The van der Waals surface area contributed by atoms with Gasteiger partial charge in [-0.3, -0.25) is 13.9 Å². The van der Waals surface area contributed by atoms with Gasteiger partial charge in [-0.2, -0.15) is 0 Å². The van der Waals surface area contributed by atoms with Gasteiger partial charge in [0.15, 0.2) is 11.5 Å². The first kappa shape index (κ1) is 29.9. The highest BCUT2D eigenvalue weighted by Gasteiger charge is 2.33. The summed E-state index contributed by atoms with van der Waals surface area (Å²) in [5, 5.41) is 2.86. The Kier molecular flexibility index (Phi) is 9.88. The van der Waals surface area contributed by atoms with E-state index in [1.165, 1.54) is 11.8 Å². The number of nitrogens with one attached hydrogen (secondary N) is 1. The fourth-order valence-corrected chi connectivity index (χ4v) is 5.81. The number of likely N-dealkylation sites (N-methyl/N-ethyl adjacent to an activating group) is 1. The molecule has 9 nitrogen and oxygen atoms in total. The maximum Gasteiger partial charge on any atom is 0.244 e. The number of hydrogen-bond acceptors (Lipinski definition) is 6. The smallest absolute Gasteiger partial charge is 0.244 e. The maximum absolute atomic E-state index is 14.2. The lowest BCUT2D eigenvalue weighted by Gasteiger charge is -2.34. The normalized spacial score (nSPS) is 13.2. The van der Waals surface area contributed by atoms with E-state index in [0.717, 1.165) is 21.0 Å². The third-order valence-electron chi connectivity index (χ3n) is 6.85. The minimum Gasteiger partial charge on any atom is -0.486 e. The van der Waals surface area contributed by atoms with Gasteiger partial charge in [-0.25, -0.2) is 8.42 Å². The van der Waals surface area contributed by atoms with Gasteiger partial charge in [0.25, 0.3) is 0 Å². The highest BCUT2D eigenvalue weighted by molar-refractivity contribution is 7.92. The molecular formula is C31H37N3O6S. The van der Waals surface area contributed by atoms with Crippen LogP contribution in [-0.2, 0) is 32.6 Å². The summed E-state index contributed by atoms with van der Waals surface area (Å²) in [6.45, 7) is 6.10. The van der Waals surface area contributed by atoms with Crippen LogP contribution in [0.3, 0.4) is 0 Å². The van der Waals surface area contributed by atoms with Crippen LogP contribution in [0, 0.1) is 6.92 Å². The number of fused-ring (bicyclic) bond motifs is 1. The maximum atomic E-state index is 14.2. The number of nitrogens with zero attached hydrogens (tertiary/aromatic N) is 2. The average Bonchev–Trinajstić information content (AvgIpc) is 2.98. The van der Waals surface area contributed by atoms with Gasteiger partial charge in [-0.15, -0.1) is 0 Å². The predicted molar refractivity (Wildman–Crippen MR) is 159 cm³/mol. The Morgan fingerprint density at radius 1 is 0.902 bits per heavy atom. The lowest BCUT2D eigenvalue weighted by molar-refractivity contribution is -0.140. The van der Waals surface area contributed by atoms with Gasteiger partial charge in [-0.05, 0) is 44.0 Å². The average molecular weight is 580 g/mol. The zero-order chi connectivity index (χ0) is 29.4. The monoisotopic (exact) mass is 579 g/mol. The molecule has 2 amide bonds.